The lowest BCUT2D eigenvalue weighted by atomic mass is 10.3. The van der Waals surface area contributed by atoms with Crippen LogP contribution in [0.5, 0.6) is 5.75 Å². The maximum absolute atomic E-state index is 5.67. The van der Waals surface area contributed by atoms with Gasteiger partial charge in [-0.25, -0.2) is 0 Å². The summed E-state index contributed by atoms with van der Waals surface area (Å²) >= 11 is 22.2. The lowest BCUT2D eigenvalue weighted by Crippen LogP contribution is -2.25. The highest BCUT2D eigenvalue weighted by molar-refractivity contribution is 6.70. The van der Waals surface area contributed by atoms with Gasteiger partial charge in [0.05, 0.1) is 0 Å². The molecule has 0 saturated heterocycles. The van der Waals surface area contributed by atoms with Crippen LogP contribution >= 0.6 is 46.4 Å². The second-order valence-corrected chi connectivity index (χ2v) is 5.05. The molecular formula is C8H6Cl4O. The number of halogens is 4. The molecule has 1 nitrogen and oxygen atoms in total. The third-order valence-electron chi connectivity index (χ3n) is 1.24. The van der Waals surface area contributed by atoms with E-state index in [4.69, 9.17) is 51.1 Å². The average molecular weight is 260 g/mol. The summed E-state index contributed by atoms with van der Waals surface area (Å²) < 4.78 is 3.52. The first kappa shape index (κ1) is 11.3. The highest BCUT2D eigenvalue weighted by Crippen LogP contribution is 2.34. The Bertz CT molecular complexity index is 257. The number of para-hydroxylation sites is 1. The Morgan fingerprint density at radius 1 is 1.08 bits per heavy atom. The number of ether oxygens (including phenoxy) is 1. The molecule has 5 heteroatoms. The van der Waals surface area contributed by atoms with Crippen LogP contribution in [0.4, 0.5) is 0 Å². The van der Waals surface area contributed by atoms with E-state index in [9.17, 15) is 0 Å². The molecule has 1 atom stereocenters. The van der Waals surface area contributed by atoms with E-state index >= 15 is 0 Å². The molecule has 0 heterocycles. The van der Waals surface area contributed by atoms with E-state index in [1.165, 1.54) is 0 Å². The fourth-order valence-electron chi connectivity index (χ4n) is 0.685. The molecule has 0 bridgehead atoms. The van der Waals surface area contributed by atoms with Crippen LogP contribution in [0.15, 0.2) is 30.3 Å². The van der Waals surface area contributed by atoms with E-state index < -0.39 is 9.36 Å². The van der Waals surface area contributed by atoms with Crippen LogP contribution in [-0.4, -0.2) is 9.36 Å². The van der Waals surface area contributed by atoms with Gasteiger partial charge < -0.3 is 4.74 Å². The van der Waals surface area contributed by atoms with E-state index in [0.717, 1.165) is 0 Å². The van der Waals surface area contributed by atoms with Gasteiger partial charge >= 0.3 is 0 Å². The Balaban J connectivity index is 2.61. The van der Waals surface area contributed by atoms with E-state index in [1.54, 1.807) is 24.3 Å². The van der Waals surface area contributed by atoms with Crippen LogP contribution in [0, 0.1) is 0 Å². The van der Waals surface area contributed by atoms with Gasteiger partial charge in [0.2, 0.25) is 9.36 Å². The fourth-order valence-corrected chi connectivity index (χ4v) is 0.922. The zero-order chi connectivity index (χ0) is 9.90. The average Bonchev–Trinajstić information content (AvgIpc) is 2.04. The molecule has 13 heavy (non-hydrogen) atoms. The van der Waals surface area contributed by atoms with E-state index in [-0.39, 0.29) is 0 Å². The van der Waals surface area contributed by atoms with E-state index in [2.05, 4.69) is 0 Å². The highest BCUT2D eigenvalue weighted by Gasteiger charge is 2.32. The Labute approximate surface area is 96.5 Å². The molecule has 1 rings (SSSR count). The summed E-state index contributed by atoms with van der Waals surface area (Å²) in [7, 11) is 0. The summed E-state index contributed by atoms with van der Waals surface area (Å²) in [6.45, 7) is 0. The van der Waals surface area contributed by atoms with Gasteiger partial charge in [0.25, 0.3) is 0 Å². The van der Waals surface area contributed by atoms with Crippen molar-refractivity contribution in [3.8, 4) is 5.75 Å². The molecule has 0 radical (unpaired) electrons. The van der Waals surface area contributed by atoms with Crippen LogP contribution in [0.3, 0.4) is 0 Å². The van der Waals surface area contributed by atoms with Crippen molar-refractivity contribution in [3.63, 3.8) is 0 Å². The number of rotatable bonds is 2. The molecule has 0 aromatic heterocycles. The van der Waals surface area contributed by atoms with Gasteiger partial charge in [-0.15, -0.1) is 0 Å². The van der Waals surface area contributed by atoms with Gasteiger partial charge in [0, 0.05) is 0 Å². The first-order chi connectivity index (χ1) is 6.00. The molecule has 1 aromatic carbocycles. The molecule has 0 aliphatic carbocycles. The van der Waals surface area contributed by atoms with Gasteiger partial charge in [-0.05, 0) is 12.1 Å². The minimum absolute atomic E-state index is 0.564. The third kappa shape index (κ3) is 3.82. The van der Waals surface area contributed by atoms with Gasteiger partial charge in [0.15, 0.2) is 0 Å². The minimum atomic E-state index is -1.63. The molecule has 1 unspecified atom stereocenters. The molecule has 0 aliphatic heterocycles. The maximum atomic E-state index is 5.67. The van der Waals surface area contributed by atoms with Crippen LogP contribution in [0.1, 0.15) is 0 Å². The number of hydrogen-bond acceptors (Lipinski definition) is 1. The summed E-state index contributed by atoms with van der Waals surface area (Å²) in [6.07, 6.45) is 0. The molecule has 0 aliphatic rings. The van der Waals surface area contributed by atoms with Crippen LogP contribution in [0.25, 0.3) is 0 Å². The molecule has 0 N–H and O–H groups in total. The van der Waals surface area contributed by atoms with Gasteiger partial charge in [-0.3, -0.25) is 0 Å². The zero-order valence-corrected chi connectivity index (χ0v) is 9.41. The van der Waals surface area contributed by atoms with E-state index in [1.807, 2.05) is 6.07 Å². The zero-order valence-electron chi connectivity index (χ0n) is 6.38. The summed E-state index contributed by atoms with van der Waals surface area (Å²) in [5.41, 5.74) is -1.00. The largest absolute Gasteiger partial charge is 0.470 e. The van der Waals surface area contributed by atoms with Gasteiger partial charge in [-0.2, -0.15) is 0 Å². The van der Waals surface area contributed by atoms with Crippen LogP contribution < -0.4 is 4.74 Å². The lowest BCUT2D eigenvalue weighted by molar-refractivity contribution is 0.286. The minimum Gasteiger partial charge on any atom is -0.470 e. The monoisotopic (exact) mass is 258 g/mol. The third-order valence-corrected chi connectivity index (χ3v) is 2.59. The van der Waals surface area contributed by atoms with Gasteiger partial charge in [-0.1, -0.05) is 64.6 Å². The van der Waals surface area contributed by atoms with Crippen molar-refractivity contribution >= 4 is 46.4 Å². The summed E-state index contributed by atoms with van der Waals surface area (Å²) in [5, 5.41) is 0. The van der Waals surface area contributed by atoms with Crippen molar-refractivity contribution in [2.75, 3.05) is 0 Å². The molecule has 0 spiro atoms. The SMILES string of the molecule is ClC(Oc1ccccc1)C(Cl)(Cl)Cl. The predicted octanol–water partition coefficient (Wildman–Crippen LogP) is 4.00. The number of alkyl halides is 4. The maximum Gasteiger partial charge on any atom is 0.241 e. The predicted molar refractivity (Wildman–Crippen MR) is 57.0 cm³/mol. The first-order valence-corrected chi connectivity index (χ1v) is 4.99. The second kappa shape index (κ2) is 4.61. The smallest absolute Gasteiger partial charge is 0.241 e. The second-order valence-electron chi connectivity index (χ2n) is 2.29. The summed E-state index contributed by atoms with van der Waals surface area (Å²) in [6, 6.07) is 8.91. The van der Waals surface area contributed by atoms with Crippen molar-refractivity contribution < 1.29 is 4.74 Å². The van der Waals surface area contributed by atoms with Crippen molar-refractivity contribution in [1.82, 2.24) is 0 Å². The quantitative estimate of drug-likeness (QED) is 0.730. The molecule has 1 aromatic rings. The van der Waals surface area contributed by atoms with Crippen molar-refractivity contribution in [2.24, 2.45) is 0 Å². The van der Waals surface area contributed by atoms with Crippen LogP contribution in [0.2, 0.25) is 0 Å². The Morgan fingerprint density at radius 3 is 2.08 bits per heavy atom. The Morgan fingerprint density at radius 2 is 1.62 bits per heavy atom. The van der Waals surface area contributed by atoms with Gasteiger partial charge in [0.1, 0.15) is 5.75 Å². The normalized spacial score (nSPS) is 13.8. The topological polar surface area (TPSA) is 9.23 Å². The lowest BCUT2D eigenvalue weighted by Gasteiger charge is -2.19. The Kier molecular flexibility index (Phi) is 3.99. The fraction of sp³-hybridized carbons (Fsp3) is 0.250. The van der Waals surface area contributed by atoms with Crippen molar-refractivity contribution in [1.29, 1.82) is 0 Å². The number of benzene rings is 1. The highest BCUT2D eigenvalue weighted by atomic mass is 35.6. The van der Waals surface area contributed by atoms with Crippen molar-refractivity contribution in [2.45, 2.75) is 9.36 Å². The molecule has 72 valence electrons. The molecule has 0 fully saturated rings. The first-order valence-electron chi connectivity index (χ1n) is 3.42. The van der Waals surface area contributed by atoms with Crippen LogP contribution in [-0.2, 0) is 0 Å². The summed E-state index contributed by atoms with van der Waals surface area (Å²) in [4.78, 5) is 0. The number of hydrogen-bond donors (Lipinski definition) is 0. The summed E-state index contributed by atoms with van der Waals surface area (Å²) in [5.74, 6) is 0.564. The standard InChI is InChI=1S/C8H6Cl4O/c9-7(8(10,11)12)13-6-4-2-1-3-5-6/h1-5,7H. The van der Waals surface area contributed by atoms with Crippen molar-refractivity contribution in [3.05, 3.63) is 30.3 Å². The molecule has 0 amide bonds. The molecular weight excluding hydrogens is 254 g/mol. The molecule has 0 saturated carbocycles. The Hall–Kier alpha value is 0.180. The van der Waals surface area contributed by atoms with E-state index in [0.29, 0.717) is 5.75 Å².